The number of nitrogens with two attached hydrogens (primary N) is 1. The van der Waals surface area contributed by atoms with Crippen LogP contribution < -0.4 is 11.1 Å². The summed E-state index contributed by atoms with van der Waals surface area (Å²) in [5.41, 5.74) is 8.31. The van der Waals surface area contributed by atoms with Gasteiger partial charge in [-0.1, -0.05) is 0 Å². The first-order valence-corrected chi connectivity index (χ1v) is 6.74. The van der Waals surface area contributed by atoms with Gasteiger partial charge in [-0.3, -0.25) is 4.79 Å². The van der Waals surface area contributed by atoms with E-state index in [1.54, 1.807) is 16.8 Å². The summed E-state index contributed by atoms with van der Waals surface area (Å²) in [5, 5.41) is 4.86. The van der Waals surface area contributed by atoms with Gasteiger partial charge in [0.15, 0.2) is 0 Å². The Hall–Kier alpha value is -0.400. The van der Waals surface area contributed by atoms with Gasteiger partial charge in [-0.15, -0.1) is 36.2 Å². The second kappa shape index (κ2) is 9.50. The zero-order valence-corrected chi connectivity index (χ0v) is 12.9. The van der Waals surface area contributed by atoms with Crippen molar-refractivity contribution < 1.29 is 9.53 Å². The number of amides is 1. The van der Waals surface area contributed by atoms with E-state index in [9.17, 15) is 4.79 Å². The van der Waals surface area contributed by atoms with E-state index in [1.165, 1.54) is 0 Å². The Balaban J connectivity index is 0.00000162. The minimum Gasteiger partial charge on any atom is -0.364 e. The third-order valence-corrected chi connectivity index (χ3v) is 3.46. The van der Waals surface area contributed by atoms with Crippen LogP contribution in [0.2, 0.25) is 0 Å². The quantitative estimate of drug-likeness (QED) is 0.850. The number of nitrogens with zero attached hydrogens (tertiary/aromatic N) is 1. The summed E-state index contributed by atoms with van der Waals surface area (Å²) in [6.07, 6.45) is 2.14. The van der Waals surface area contributed by atoms with Crippen LogP contribution in [0.3, 0.4) is 0 Å². The van der Waals surface area contributed by atoms with Crippen molar-refractivity contribution in [3.8, 4) is 0 Å². The Labute approximate surface area is 129 Å². The molecule has 5 nitrogen and oxygen atoms in total. The number of thiazole rings is 1. The lowest BCUT2D eigenvalue weighted by Crippen LogP contribution is -2.36. The molecule has 19 heavy (non-hydrogen) atoms. The van der Waals surface area contributed by atoms with Gasteiger partial charge in [0.1, 0.15) is 6.10 Å². The van der Waals surface area contributed by atoms with E-state index in [1.807, 2.05) is 5.38 Å². The Kier molecular flexibility index (Phi) is 9.30. The van der Waals surface area contributed by atoms with E-state index >= 15 is 0 Å². The standard InChI is InChI=1S/C11H17N3O2S.2ClH/c12-5-9-1-2-10(16-9)11(15)13-4-3-8-6-17-7-14-8;;/h6-7,9-10H,1-5,12H2,(H,13,15);2*1H/t9-,10+;;/m1../s1. The molecule has 1 aliphatic rings. The molecule has 1 amide bonds. The highest BCUT2D eigenvalue weighted by molar-refractivity contribution is 7.07. The van der Waals surface area contributed by atoms with Crippen LogP contribution in [0.5, 0.6) is 0 Å². The van der Waals surface area contributed by atoms with Crippen LogP contribution in [0.25, 0.3) is 0 Å². The topological polar surface area (TPSA) is 77.2 Å². The van der Waals surface area contributed by atoms with Gasteiger partial charge in [0.05, 0.1) is 17.3 Å². The predicted molar refractivity (Wildman–Crippen MR) is 80.3 cm³/mol. The minimum absolute atomic E-state index is 0. The number of nitrogens with one attached hydrogen (secondary N) is 1. The maximum atomic E-state index is 11.7. The first-order chi connectivity index (χ1) is 8.29. The van der Waals surface area contributed by atoms with E-state index in [2.05, 4.69) is 10.3 Å². The molecule has 1 fully saturated rings. The second-order valence-corrected chi connectivity index (χ2v) is 4.80. The summed E-state index contributed by atoms with van der Waals surface area (Å²) >= 11 is 1.56. The molecule has 0 bridgehead atoms. The first-order valence-electron chi connectivity index (χ1n) is 5.80. The summed E-state index contributed by atoms with van der Waals surface area (Å²) in [4.78, 5) is 15.9. The summed E-state index contributed by atoms with van der Waals surface area (Å²) in [6, 6.07) is 0. The van der Waals surface area contributed by atoms with Crippen molar-refractivity contribution in [2.45, 2.75) is 31.5 Å². The zero-order chi connectivity index (χ0) is 12.1. The van der Waals surface area contributed by atoms with Crippen LogP contribution in [0, 0.1) is 0 Å². The van der Waals surface area contributed by atoms with Gasteiger partial charge in [0.25, 0.3) is 0 Å². The van der Waals surface area contributed by atoms with Crippen LogP contribution in [-0.2, 0) is 16.0 Å². The zero-order valence-electron chi connectivity index (χ0n) is 10.4. The van der Waals surface area contributed by atoms with Crippen molar-refractivity contribution in [1.29, 1.82) is 0 Å². The average Bonchev–Trinajstić information content (AvgIpc) is 2.99. The maximum Gasteiger partial charge on any atom is 0.249 e. The minimum atomic E-state index is -0.320. The van der Waals surface area contributed by atoms with Crippen molar-refractivity contribution in [2.75, 3.05) is 13.1 Å². The Morgan fingerprint density at radius 2 is 2.32 bits per heavy atom. The number of carbonyl (C=O) groups is 1. The Morgan fingerprint density at radius 1 is 1.53 bits per heavy atom. The van der Waals surface area contributed by atoms with Crippen molar-refractivity contribution in [3.63, 3.8) is 0 Å². The van der Waals surface area contributed by atoms with Crippen LogP contribution in [0.4, 0.5) is 0 Å². The van der Waals surface area contributed by atoms with Gasteiger partial charge in [-0.05, 0) is 12.8 Å². The lowest BCUT2D eigenvalue weighted by molar-refractivity contribution is -0.131. The molecule has 2 heterocycles. The highest BCUT2D eigenvalue weighted by Gasteiger charge is 2.29. The van der Waals surface area contributed by atoms with Crippen LogP contribution in [-0.4, -0.2) is 36.2 Å². The Morgan fingerprint density at radius 3 is 2.89 bits per heavy atom. The number of hydrogen-bond acceptors (Lipinski definition) is 5. The molecular formula is C11H19Cl2N3O2S. The lowest BCUT2D eigenvalue weighted by Gasteiger charge is -2.12. The molecule has 0 saturated carbocycles. The number of carbonyl (C=O) groups excluding carboxylic acids is 1. The molecule has 1 aromatic rings. The molecule has 2 rings (SSSR count). The molecule has 110 valence electrons. The van der Waals surface area contributed by atoms with E-state index in [-0.39, 0.29) is 42.9 Å². The SMILES string of the molecule is Cl.Cl.NC[C@H]1CC[C@@H](C(=O)NCCc2cscn2)O1. The fourth-order valence-electron chi connectivity index (χ4n) is 1.86. The molecule has 1 aliphatic heterocycles. The highest BCUT2D eigenvalue weighted by Crippen LogP contribution is 2.18. The average molecular weight is 328 g/mol. The maximum absolute atomic E-state index is 11.7. The summed E-state index contributed by atoms with van der Waals surface area (Å²) in [6.45, 7) is 1.10. The molecule has 0 aliphatic carbocycles. The fraction of sp³-hybridized carbons (Fsp3) is 0.636. The molecule has 0 spiro atoms. The normalized spacial score (nSPS) is 21.3. The van der Waals surface area contributed by atoms with Crippen LogP contribution in [0.15, 0.2) is 10.9 Å². The van der Waals surface area contributed by atoms with E-state index in [4.69, 9.17) is 10.5 Å². The fourth-order valence-corrected chi connectivity index (χ4v) is 2.45. The van der Waals surface area contributed by atoms with Crippen molar-refractivity contribution >= 4 is 42.1 Å². The largest absolute Gasteiger partial charge is 0.364 e. The lowest BCUT2D eigenvalue weighted by atomic mass is 10.2. The molecule has 1 aromatic heterocycles. The number of hydrogen-bond donors (Lipinski definition) is 2. The smallest absolute Gasteiger partial charge is 0.249 e. The van der Waals surface area contributed by atoms with E-state index in [0.29, 0.717) is 13.1 Å². The summed E-state index contributed by atoms with van der Waals surface area (Å²) in [7, 11) is 0. The third-order valence-electron chi connectivity index (χ3n) is 2.83. The van der Waals surface area contributed by atoms with Gasteiger partial charge in [-0.25, -0.2) is 4.98 Å². The molecule has 0 unspecified atom stereocenters. The van der Waals surface area contributed by atoms with Crippen LogP contribution in [0.1, 0.15) is 18.5 Å². The van der Waals surface area contributed by atoms with E-state index < -0.39 is 0 Å². The number of halogens is 2. The molecule has 2 atom stereocenters. The second-order valence-electron chi connectivity index (χ2n) is 4.08. The predicted octanol–water partition coefficient (Wildman–Crippen LogP) is 1.15. The van der Waals surface area contributed by atoms with Gasteiger partial charge < -0.3 is 15.8 Å². The third kappa shape index (κ3) is 5.62. The molecule has 8 heteroatoms. The van der Waals surface area contributed by atoms with Gasteiger partial charge in [-0.2, -0.15) is 0 Å². The van der Waals surface area contributed by atoms with E-state index in [0.717, 1.165) is 25.0 Å². The molecule has 1 saturated heterocycles. The summed E-state index contributed by atoms with van der Waals surface area (Å²) < 4.78 is 5.51. The molecular weight excluding hydrogens is 309 g/mol. The van der Waals surface area contributed by atoms with Crippen molar-refractivity contribution in [2.24, 2.45) is 5.73 Å². The van der Waals surface area contributed by atoms with Crippen LogP contribution >= 0.6 is 36.2 Å². The summed E-state index contributed by atoms with van der Waals surface area (Å²) in [5.74, 6) is -0.0313. The molecule has 0 radical (unpaired) electrons. The Bertz CT molecular complexity index is 365. The van der Waals surface area contributed by atoms with Crippen molar-refractivity contribution in [3.05, 3.63) is 16.6 Å². The van der Waals surface area contributed by atoms with Gasteiger partial charge >= 0.3 is 0 Å². The van der Waals surface area contributed by atoms with Gasteiger partial charge in [0, 0.05) is 24.9 Å². The molecule has 3 N–H and O–H groups in total. The van der Waals surface area contributed by atoms with Crippen molar-refractivity contribution in [1.82, 2.24) is 10.3 Å². The molecule has 0 aromatic carbocycles. The number of ether oxygens (including phenoxy) is 1. The van der Waals surface area contributed by atoms with Gasteiger partial charge in [0.2, 0.25) is 5.91 Å². The highest BCUT2D eigenvalue weighted by atomic mass is 35.5. The first kappa shape index (κ1) is 18.6. The number of rotatable bonds is 5. The monoisotopic (exact) mass is 327 g/mol. The number of aromatic nitrogens is 1.